The molecule has 1 amide bonds. The predicted molar refractivity (Wildman–Crippen MR) is 139 cm³/mol. The number of anilines is 1. The molecule has 9 heteroatoms. The molecule has 5 heterocycles. The zero-order valence-corrected chi connectivity index (χ0v) is 19.5. The standard InChI is InChI=1S/C27H22N8O/c1-2-6-24(36)31-17-11-16(13-28-14-17)22-12-19-23(15-30-22)34-35-26(19)27-32-21-9-5-7-18(25(21)33-27)20-8-3-4-10-29-20/h3-5,7-15H,2,6H2,1H3,(H,31,36)(H,32,33)(H,34,35). The minimum absolute atomic E-state index is 0.0352. The van der Waals surface area contributed by atoms with Gasteiger partial charge in [-0.1, -0.05) is 25.1 Å². The second-order valence-electron chi connectivity index (χ2n) is 8.45. The van der Waals surface area contributed by atoms with Gasteiger partial charge in [-0.2, -0.15) is 5.10 Å². The molecule has 0 unspecified atom stereocenters. The quantitative estimate of drug-likeness (QED) is 0.298. The number of amides is 1. The van der Waals surface area contributed by atoms with Gasteiger partial charge in [-0.3, -0.25) is 24.8 Å². The van der Waals surface area contributed by atoms with Gasteiger partial charge in [0.2, 0.25) is 5.91 Å². The number of carbonyl (C=O) groups excluding carboxylic acids is 1. The Kier molecular flexibility index (Phi) is 5.42. The van der Waals surface area contributed by atoms with Crippen LogP contribution in [0.15, 0.2) is 73.3 Å². The van der Waals surface area contributed by atoms with Crippen molar-refractivity contribution in [3.05, 3.63) is 73.3 Å². The van der Waals surface area contributed by atoms with Crippen molar-refractivity contribution in [1.82, 2.24) is 35.1 Å². The lowest BCUT2D eigenvalue weighted by Gasteiger charge is -2.06. The smallest absolute Gasteiger partial charge is 0.224 e. The SMILES string of the molecule is CCCC(=O)Nc1cncc(-c2cc3c(-c4nc5c(-c6ccccn6)cccc5[nH]4)n[nH]c3cn2)c1. The van der Waals surface area contributed by atoms with E-state index in [0.29, 0.717) is 23.6 Å². The fraction of sp³-hybridized carbons (Fsp3) is 0.111. The number of aromatic nitrogens is 7. The molecule has 9 nitrogen and oxygen atoms in total. The Morgan fingerprint density at radius 2 is 1.92 bits per heavy atom. The van der Waals surface area contributed by atoms with Gasteiger partial charge in [0, 0.05) is 35.3 Å². The summed E-state index contributed by atoms with van der Waals surface area (Å²) in [5, 5.41) is 11.3. The van der Waals surface area contributed by atoms with E-state index in [-0.39, 0.29) is 5.91 Å². The third-order valence-electron chi connectivity index (χ3n) is 5.92. The van der Waals surface area contributed by atoms with Crippen molar-refractivity contribution in [1.29, 1.82) is 0 Å². The largest absolute Gasteiger partial charge is 0.337 e. The van der Waals surface area contributed by atoms with Crippen molar-refractivity contribution < 1.29 is 4.79 Å². The summed E-state index contributed by atoms with van der Waals surface area (Å²) in [5.74, 6) is 0.613. The van der Waals surface area contributed by atoms with Gasteiger partial charge >= 0.3 is 0 Å². The van der Waals surface area contributed by atoms with Crippen LogP contribution in [-0.2, 0) is 4.79 Å². The van der Waals surface area contributed by atoms with Gasteiger partial charge in [0.25, 0.3) is 0 Å². The van der Waals surface area contributed by atoms with Crippen LogP contribution in [0.2, 0.25) is 0 Å². The monoisotopic (exact) mass is 474 g/mol. The zero-order valence-electron chi connectivity index (χ0n) is 19.5. The number of para-hydroxylation sites is 1. The number of nitrogens with zero attached hydrogens (tertiary/aromatic N) is 5. The third kappa shape index (κ3) is 3.96. The normalized spacial score (nSPS) is 11.2. The molecule has 5 aromatic heterocycles. The van der Waals surface area contributed by atoms with E-state index < -0.39 is 0 Å². The molecular formula is C27H22N8O. The number of benzene rings is 1. The van der Waals surface area contributed by atoms with E-state index in [1.54, 1.807) is 24.8 Å². The summed E-state index contributed by atoms with van der Waals surface area (Å²) in [6.45, 7) is 1.97. The zero-order chi connectivity index (χ0) is 24.5. The van der Waals surface area contributed by atoms with Crippen molar-refractivity contribution in [3.8, 4) is 34.0 Å². The summed E-state index contributed by atoms with van der Waals surface area (Å²) in [6, 6.07) is 15.6. The van der Waals surface area contributed by atoms with Crippen LogP contribution in [0.4, 0.5) is 5.69 Å². The number of carbonyl (C=O) groups is 1. The van der Waals surface area contributed by atoms with Gasteiger partial charge < -0.3 is 10.3 Å². The van der Waals surface area contributed by atoms with Gasteiger partial charge in [0.15, 0.2) is 5.82 Å². The molecule has 0 saturated heterocycles. The van der Waals surface area contributed by atoms with Gasteiger partial charge in [0.05, 0.1) is 46.0 Å². The van der Waals surface area contributed by atoms with Crippen LogP contribution >= 0.6 is 0 Å². The number of hydrogen-bond acceptors (Lipinski definition) is 6. The van der Waals surface area contributed by atoms with Crippen LogP contribution in [0.5, 0.6) is 0 Å². The topological polar surface area (TPSA) is 125 Å². The Morgan fingerprint density at radius 1 is 0.972 bits per heavy atom. The highest BCUT2D eigenvalue weighted by atomic mass is 16.1. The molecule has 0 aliphatic carbocycles. The number of rotatable bonds is 6. The van der Waals surface area contributed by atoms with Crippen molar-refractivity contribution >= 4 is 33.5 Å². The van der Waals surface area contributed by atoms with Crippen LogP contribution in [-0.4, -0.2) is 41.0 Å². The maximum Gasteiger partial charge on any atom is 0.224 e. The molecule has 1 aromatic carbocycles. The Balaban J connectivity index is 1.40. The van der Waals surface area contributed by atoms with Crippen molar-refractivity contribution in [3.63, 3.8) is 0 Å². The molecule has 0 spiro atoms. The minimum atomic E-state index is -0.0352. The molecule has 0 fully saturated rings. The molecule has 0 radical (unpaired) electrons. The van der Waals surface area contributed by atoms with Crippen molar-refractivity contribution in [2.45, 2.75) is 19.8 Å². The van der Waals surface area contributed by atoms with Crippen molar-refractivity contribution in [2.75, 3.05) is 5.32 Å². The second-order valence-corrected chi connectivity index (χ2v) is 8.45. The highest BCUT2D eigenvalue weighted by Crippen LogP contribution is 2.32. The van der Waals surface area contributed by atoms with E-state index >= 15 is 0 Å². The molecule has 0 aliphatic rings. The van der Waals surface area contributed by atoms with Gasteiger partial charge in [-0.25, -0.2) is 4.98 Å². The van der Waals surface area contributed by atoms with E-state index in [9.17, 15) is 4.79 Å². The van der Waals surface area contributed by atoms with Gasteiger partial charge in [-0.15, -0.1) is 0 Å². The van der Waals surface area contributed by atoms with E-state index in [1.165, 1.54) is 0 Å². The maximum absolute atomic E-state index is 12.0. The molecule has 3 N–H and O–H groups in total. The molecule has 36 heavy (non-hydrogen) atoms. The van der Waals surface area contributed by atoms with E-state index in [1.807, 2.05) is 55.5 Å². The summed E-state index contributed by atoms with van der Waals surface area (Å²) < 4.78 is 0. The molecule has 0 bridgehead atoms. The molecule has 0 aliphatic heterocycles. The number of fused-ring (bicyclic) bond motifs is 2. The first-order chi connectivity index (χ1) is 17.7. The lowest BCUT2D eigenvalue weighted by Crippen LogP contribution is -2.10. The molecule has 6 rings (SSSR count). The molecular weight excluding hydrogens is 452 g/mol. The third-order valence-corrected chi connectivity index (χ3v) is 5.92. The maximum atomic E-state index is 12.0. The summed E-state index contributed by atoms with van der Waals surface area (Å²) >= 11 is 0. The second kappa shape index (κ2) is 9.03. The summed E-state index contributed by atoms with van der Waals surface area (Å²) in [7, 11) is 0. The summed E-state index contributed by atoms with van der Waals surface area (Å²) in [6.07, 6.45) is 8.12. The van der Waals surface area contributed by atoms with Gasteiger partial charge in [0.1, 0.15) is 5.69 Å². The Labute approximate surface area is 206 Å². The highest BCUT2D eigenvalue weighted by Gasteiger charge is 2.16. The number of hydrogen-bond donors (Lipinski definition) is 3. The first-order valence-electron chi connectivity index (χ1n) is 11.7. The molecule has 6 aromatic rings. The summed E-state index contributed by atoms with van der Waals surface area (Å²) in [4.78, 5) is 33.6. The van der Waals surface area contributed by atoms with E-state index in [0.717, 1.165) is 50.9 Å². The van der Waals surface area contributed by atoms with Crippen LogP contribution in [0.25, 0.3) is 56.0 Å². The highest BCUT2D eigenvalue weighted by molar-refractivity contribution is 5.97. The average Bonchev–Trinajstić information content (AvgIpc) is 3.53. The molecule has 0 saturated carbocycles. The average molecular weight is 475 g/mol. The Bertz CT molecular complexity index is 1700. The van der Waals surface area contributed by atoms with E-state index in [2.05, 4.69) is 35.5 Å². The number of aromatic amines is 2. The summed E-state index contributed by atoms with van der Waals surface area (Å²) in [5.41, 5.74) is 7.17. The van der Waals surface area contributed by atoms with E-state index in [4.69, 9.17) is 4.98 Å². The number of H-pyrrole nitrogens is 2. The van der Waals surface area contributed by atoms with Crippen LogP contribution in [0.1, 0.15) is 19.8 Å². The predicted octanol–water partition coefficient (Wildman–Crippen LogP) is 5.36. The fourth-order valence-corrected chi connectivity index (χ4v) is 4.23. The lowest BCUT2D eigenvalue weighted by molar-refractivity contribution is -0.116. The number of nitrogens with one attached hydrogen (secondary N) is 3. The molecule has 0 atom stereocenters. The molecule has 176 valence electrons. The van der Waals surface area contributed by atoms with Crippen LogP contribution < -0.4 is 5.32 Å². The fourth-order valence-electron chi connectivity index (χ4n) is 4.23. The Morgan fingerprint density at radius 3 is 2.78 bits per heavy atom. The lowest BCUT2D eigenvalue weighted by atomic mass is 10.1. The minimum Gasteiger partial charge on any atom is -0.337 e. The number of imidazole rings is 1. The van der Waals surface area contributed by atoms with Crippen LogP contribution in [0.3, 0.4) is 0 Å². The Hall–Kier alpha value is -4.92. The first-order valence-corrected chi connectivity index (χ1v) is 11.7. The van der Waals surface area contributed by atoms with Crippen molar-refractivity contribution in [2.24, 2.45) is 0 Å². The van der Waals surface area contributed by atoms with Crippen LogP contribution in [0, 0.1) is 0 Å². The van der Waals surface area contributed by atoms with Gasteiger partial charge in [-0.05, 0) is 36.8 Å². The number of pyridine rings is 3. The first kappa shape index (κ1) is 21.6.